The summed E-state index contributed by atoms with van der Waals surface area (Å²) in [4.78, 5) is 14.7. The van der Waals surface area contributed by atoms with Gasteiger partial charge >= 0.3 is 0 Å². The van der Waals surface area contributed by atoms with Gasteiger partial charge in [-0.15, -0.1) is 0 Å². The van der Waals surface area contributed by atoms with Gasteiger partial charge in [-0.1, -0.05) is 27.5 Å². The second kappa shape index (κ2) is 3.99. The summed E-state index contributed by atoms with van der Waals surface area (Å²) < 4.78 is 0. The minimum absolute atomic E-state index is 0.0537. The van der Waals surface area contributed by atoms with Gasteiger partial charge in [0.25, 0.3) is 0 Å². The van der Waals surface area contributed by atoms with Gasteiger partial charge in [0.2, 0.25) is 0 Å². The van der Waals surface area contributed by atoms with Gasteiger partial charge in [-0.25, -0.2) is 0 Å². The van der Waals surface area contributed by atoms with Crippen LogP contribution in [-0.4, -0.2) is 10.8 Å². The Morgan fingerprint density at radius 3 is 2.87 bits per heavy atom. The van der Waals surface area contributed by atoms with Crippen molar-refractivity contribution in [3.8, 4) is 0 Å². The van der Waals surface area contributed by atoms with E-state index in [0.717, 1.165) is 22.2 Å². The van der Waals surface area contributed by atoms with Crippen LogP contribution in [0.2, 0.25) is 5.02 Å². The summed E-state index contributed by atoms with van der Waals surface area (Å²) in [6.45, 7) is 1.57. The number of rotatable bonds is 2. The van der Waals surface area contributed by atoms with Crippen LogP contribution in [-0.2, 0) is 5.33 Å². The number of H-pyrrole nitrogens is 1. The highest BCUT2D eigenvalue weighted by Gasteiger charge is 2.14. The number of Topliss-reactive ketones (excluding diaryl/α,β-unsaturated/α-hetero) is 1. The fraction of sp³-hybridized carbons (Fsp3) is 0.182. The van der Waals surface area contributed by atoms with E-state index >= 15 is 0 Å². The Morgan fingerprint density at radius 2 is 2.27 bits per heavy atom. The van der Waals surface area contributed by atoms with Crippen molar-refractivity contribution in [2.75, 3.05) is 0 Å². The molecule has 2 aromatic rings. The second-order valence-electron chi connectivity index (χ2n) is 3.36. The molecule has 0 aliphatic heterocycles. The number of benzene rings is 1. The first-order valence-electron chi connectivity index (χ1n) is 4.50. The number of carbonyl (C=O) groups is 1. The molecule has 0 atom stereocenters. The van der Waals surface area contributed by atoms with Gasteiger partial charge in [-0.2, -0.15) is 0 Å². The fourth-order valence-electron chi connectivity index (χ4n) is 1.72. The lowest BCUT2D eigenvalue weighted by Gasteiger charge is -1.96. The summed E-state index contributed by atoms with van der Waals surface area (Å²) >= 11 is 9.27. The third-order valence-corrected chi connectivity index (χ3v) is 3.12. The van der Waals surface area contributed by atoms with Crippen LogP contribution in [0.3, 0.4) is 0 Å². The lowest BCUT2D eigenvalue weighted by Crippen LogP contribution is -1.94. The molecule has 0 aliphatic rings. The first-order chi connectivity index (χ1) is 7.13. The van der Waals surface area contributed by atoms with Crippen LogP contribution in [0.1, 0.15) is 23.0 Å². The Morgan fingerprint density at radius 1 is 1.53 bits per heavy atom. The molecule has 2 rings (SSSR count). The Bertz CT molecular complexity index is 533. The van der Waals surface area contributed by atoms with Gasteiger partial charge in [0, 0.05) is 32.5 Å². The molecule has 1 aromatic carbocycles. The number of ketones is 1. The van der Waals surface area contributed by atoms with Gasteiger partial charge < -0.3 is 4.98 Å². The summed E-state index contributed by atoms with van der Waals surface area (Å²) in [5.74, 6) is 0.0537. The van der Waals surface area contributed by atoms with Crippen molar-refractivity contribution in [1.82, 2.24) is 4.98 Å². The molecule has 1 aromatic heterocycles. The zero-order chi connectivity index (χ0) is 11.0. The largest absolute Gasteiger partial charge is 0.357 e. The number of aromatic nitrogens is 1. The average Bonchev–Trinajstić information content (AvgIpc) is 2.55. The second-order valence-corrected chi connectivity index (χ2v) is 4.36. The Kier molecular flexibility index (Phi) is 2.85. The molecule has 0 spiro atoms. The topological polar surface area (TPSA) is 32.9 Å². The molecule has 0 amide bonds. The summed E-state index contributed by atoms with van der Waals surface area (Å²) in [6, 6.07) is 5.51. The van der Waals surface area contributed by atoms with Gasteiger partial charge in [0.15, 0.2) is 5.78 Å². The quantitative estimate of drug-likeness (QED) is 0.659. The molecule has 1 heterocycles. The van der Waals surface area contributed by atoms with Crippen LogP contribution < -0.4 is 0 Å². The number of carbonyl (C=O) groups excluding carboxylic acids is 1. The highest BCUT2D eigenvalue weighted by molar-refractivity contribution is 9.08. The number of hydrogen-bond acceptors (Lipinski definition) is 1. The SMILES string of the molecule is CC(=O)c1c(CBr)[nH]c2ccc(Cl)cc12. The first kappa shape index (κ1) is 10.7. The maximum absolute atomic E-state index is 11.5. The molecule has 0 aliphatic carbocycles. The van der Waals surface area contributed by atoms with Crippen molar-refractivity contribution >= 4 is 44.2 Å². The van der Waals surface area contributed by atoms with Gasteiger partial charge in [-0.3, -0.25) is 4.79 Å². The summed E-state index contributed by atoms with van der Waals surface area (Å²) in [5, 5.41) is 2.17. The van der Waals surface area contributed by atoms with Crippen LogP contribution in [0.4, 0.5) is 0 Å². The maximum atomic E-state index is 11.5. The molecular formula is C11H9BrClNO. The van der Waals surface area contributed by atoms with Crippen LogP contribution in [0.25, 0.3) is 10.9 Å². The molecule has 78 valence electrons. The number of alkyl halides is 1. The van der Waals surface area contributed by atoms with E-state index in [1.165, 1.54) is 0 Å². The molecule has 0 saturated carbocycles. The first-order valence-corrected chi connectivity index (χ1v) is 6.00. The summed E-state index contributed by atoms with van der Waals surface area (Å²) in [5.41, 5.74) is 2.57. The van der Waals surface area contributed by atoms with Crippen molar-refractivity contribution < 1.29 is 4.79 Å². The van der Waals surface area contributed by atoms with E-state index in [-0.39, 0.29) is 5.78 Å². The van der Waals surface area contributed by atoms with Gasteiger partial charge in [0.1, 0.15) is 0 Å². The highest BCUT2D eigenvalue weighted by Crippen LogP contribution is 2.27. The molecule has 4 heteroatoms. The van der Waals surface area contributed by atoms with Crippen molar-refractivity contribution in [3.05, 3.63) is 34.5 Å². The lowest BCUT2D eigenvalue weighted by molar-refractivity contribution is 0.101. The number of fused-ring (bicyclic) bond motifs is 1. The Balaban J connectivity index is 2.82. The highest BCUT2D eigenvalue weighted by atomic mass is 79.9. The summed E-state index contributed by atoms with van der Waals surface area (Å²) in [6.07, 6.45) is 0. The smallest absolute Gasteiger partial charge is 0.162 e. The zero-order valence-corrected chi connectivity index (χ0v) is 10.4. The van der Waals surface area contributed by atoms with E-state index in [4.69, 9.17) is 11.6 Å². The Labute approximate surface area is 101 Å². The molecule has 0 fully saturated rings. The molecule has 15 heavy (non-hydrogen) atoms. The molecule has 0 saturated heterocycles. The standard InChI is InChI=1S/C11H9BrClNO/c1-6(15)11-8-4-7(13)2-3-9(8)14-10(11)5-12/h2-4,14H,5H2,1H3. The minimum atomic E-state index is 0.0537. The molecular weight excluding hydrogens is 277 g/mol. The summed E-state index contributed by atoms with van der Waals surface area (Å²) in [7, 11) is 0. The van der Waals surface area contributed by atoms with Crippen LogP contribution in [0.15, 0.2) is 18.2 Å². The number of nitrogens with one attached hydrogen (secondary N) is 1. The van der Waals surface area contributed by atoms with E-state index in [0.29, 0.717) is 10.4 Å². The average molecular weight is 287 g/mol. The van der Waals surface area contributed by atoms with Crippen LogP contribution >= 0.6 is 27.5 Å². The van der Waals surface area contributed by atoms with E-state index in [9.17, 15) is 4.79 Å². The van der Waals surface area contributed by atoms with Crippen LogP contribution in [0, 0.1) is 0 Å². The number of hydrogen-bond donors (Lipinski definition) is 1. The number of halogens is 2. The van der Waals surface area contributed by atoms with Crippen LogP contribution in [0.5, 0.6) is 0 Å². The van der Waals surface area contributed by atoms with E-state index in [2.05, 4.69) is 20.9 Å². The van der Waals surface area contributed by atoms with Crippen molar-refractivity contribution in [3.63, 3.8) is 0 Å². The fourth-order valence-corrected chi connectivity index (χ4v) is 2.31. The lowest BCUT2D eigenvalue weighted by atomic mass is 10.1. The molecule has 2 nitrogen and oxygen atoms in total. The predicted octanol–water partition coefficient (Wildman–Crippen LogP) is 3.92. The van der Waals surface area contributed by atoms with Crippen molar-refractivity contribution in [2.24, 2.45) is 0 Å². The van der Waals surface area contributed by atoms with E-state index in [1.807, 2.05) is 18.2 Å². The van der Waals surface area contributed by atoms with E-state index < -0.39 is 0 Å². The monoisotopic (exact) mass is 285 g/mol. The minimum Gasteiger partial charge on any atom is -0.357 e. The third kappa shape index (κ3) is 1.82. The Hall–Kier alpha value is -0.800. The van der Waals surface area contributed by atoms with E-state index in [1.54, 1.807) is 6.92 Å². The molecule has 1 N–H and O–H groups in total. The molecule has 0 radical (unpaired) electrons. The normalized spacial score (nSPS) is 10.9. The predicted molar refractivity (Wildman–Crippen MR) is 65.9 cm³/mol. The maximum Gasteiger partial charge on any atom is 0.162 e. The van der Waals surface area contributed by atoms with Crippen molar-refractivity contribution in [2.45, 2.75) is 12.3 Å². The van der Waals surface area contributed by atoms with Gasteiger partial charge in [0.05, 0.1) is 0 Å². The molecule has 0 unspecified atom stereocenters. The van der Waals surface area contributed by atoms with Crippen molar-refractivity contribution in [1.29, 1.82) is 0 Å². The number of aromatic amines is 1. The molecule has 0 bridgehead atoms. The third-order valence-electron chi connectivity index (χ3n) is 2.32. The van der Waals surface area contributed by atoms with Gasteiger partial charge in [-0.05, 0) is 25.1 Å². The zero-order valence-electron chi connectivity index (χ0n) is 8.10.